The fourth-order valence-electron chi connectivity index (χ4n) is 6.06. The van der Waals surface area contributed by atoms with Crippen molar-refractivity contribution in [1.82, 2.24) is 25.1 Å². The summed E-state index contributed by atoms with van der Waals surface area (Å²) in [4.78, 5) is 24.9. The lowest BCUT2D eigenvalue weighted by atomic mass is 9.77. The SMILES string of the molecule is O=C(NCc1ncc[nH]1)c1ccc(CN2CCC3(CCN(C4CCCCC4)CC3)C2)cc1. The third kappa shape index (κ3) is 5.07. The average Bonchev–Trinajstić information content (AvgIpc) is 3.50. The second-order valence-corrected chi connectivity index (χ2v) is 10.2. The third-order valence-corrected chi connectivity index (χ3v) is 8.06. The highest BCUT2D eigenvalue weighted by molar-refractivity contribution is 5.94. The number of nitrogens with zero attached hydrogens (tertiary/aromatic N) is 3. The van der Waals surface area contributed by atoms with Crippen LogP contribution in [0.25, 0.3) is 0 Å². The number of hydrogen-bond acceptors (Lipinski definition) is 4. The summed E-state index contributed by atoms with van der Waals surface area (Å²) in [6.45, 7) is 6.45. The smallest absolute Gasteiger partial charge is 0.251 e. The fraction of sp³-hybridized carbons (Fsp3) is 0.615. The molecule has 3 aliphatic rings. The molecular formula is C26H37N5O. The monoisotopic (exact) mass is 435 g/mol. The molecule has 1 aliphatic carbocycles. The minimum Gasteiger partial charge on any atom is -0.347 e. The van der Waals surface area contributed by atoms with Crippen molar-refractivity contribution in [3.05, 3.63) is 53.6 Å². The predicted octanol–water partition coefficient (Wildman–Crippen LogP) is 3.96. The average molecular weight is 436 g/mol. The number of carbonyl (C=O) groups excluding carboxylic acids is 1. The van der Waals surface area contributed by atoms with E-state index in [0.717, 1.165) is 18.4 Å². The molecule has 6 nitrogen and oxygen atoms in total. The molecule has 0 atom stereocenters. The van der Waals surface area contributed by atoms with Gasteiger partial charge in [0.15, 0.2) is 0 Å². The maximum absolute atomic E-state index is 12.4. The lowest BCUT2D eigenvalue weighted by Crippen LogP contribution is -2.46. The molecule has 3 fully saturated rings. The molecule has 1 spiro atoms. The van der Waals surface area contributed by atoms with Crippen LogP contribution in [0.2, 0.25) is 0 Å². The summed E-state index contributed by atoms with van der Waals surface area (Å²) in [6.07, 6.45) is 14.7. The van der Waals surface area contributed by atoms with Crippen LogP contribution in [-0.4, -0.2) is 57.9 Å². The van der Waals surface area contributed by atoms with Gasteiger partial charge in [-0.3, -0.25) is 9.69 Å². The van der Waals surface area contributed by atoms with Gasteiger partial charge in [-0.2, -0.15) is 0 Å². The summed E-state index contributed by atoms with van der Waals surface area (Å²) in [6, 6.07) is 8.98. The van der Waals surface area contributed by atoms with Crippen LogP contribution in [0.15, 0.2) is 36.7 Å². The van der Waals surface area contributed by atoms with Crippen molar-refractivity contribution in [2.45, 2.75) is 70.5 Å². The molecule has 1 aromatic carbocycles. The molecular weight excluding hydrogens is 398 g/mol. The summed E-state index contributed by atoms with van der Waals surface area (Å²) < 4.78 is 0. The van der Waals surface area contributed by atoms with E-state index in [0.29, 0.717) is 17.5 Å². The fourth-order valence-corrected chi connectivity index (χ4v) is 6.06. The van der Waals surface area contributed by atoms with E-state index in [4.69, 9.17) is 0 Å². The Morgan fingerprint density at radius 1 is 1.06 bits per heavy atom. The summed E-state index contributed by atoms with van der Waals surface area (Å²) in [5, 5.41) is 2.91. The molecule has 32 heavy (non-hydrogen) atoms. The van der Waals surface area contributed by atoms with E-state index in [9.17, 15) is 4.79 Å². The molecule has 2 aliphatic heterocycles. The quantitative estimate of drug-likeness (QED) is 0.721. The number of aromatic nitrogens is 2. The van der Waals surface area contributed by atoms with E-state index in [-0.39, 0.29) is 5.91 Å². The van der Waals surface area contributed by atoms with E-state index in [1.807, 2.05) is 12.1 Å². The second kappa shape index (κ2) is 9.75. The number of carbonyl (C=O) groups is 1. The van der Waals surface area contributed by atoms with Crippen molar-refractivity contribution in [3.8, 4) is 0 Å². The van der Waals surface area contributed by atoms with E-state index < -0.39 is 0 Å². The first kappa shape index (κ1) is 21.7. The molecule has 2 saturated heterocycles. The lowest BCUT2D eigenvalue weighted by Gasteiger charge is -2.43. The Hall–Kier alpha value is -2.18. The minimum atomic E-state index is -0.0576. The summed E-state index contributed by atoms with van der Waals surface area (Å²) in [5.74, 6) is 0.709. The number of likely N-dealkylation sites (tertiary alicyclic amines) is 2. The first-order valence-electron chi connectivity index (χ1n) is 12.5. The van der Waals surface area contributed by atoms with Crippen LogP contribution < -0.4 is 5.32 Å². The highest BCUT2D eigenvalue weighted by Crippen LogP contribution is 2.42. The molecule has 6 heteroatoms. The number of H-pyrrole nitrogens is 1. The molecule has 3 heterocycles. The molecule has 172 valence electrons. The summed E-state index contributed by atoms with van der Waals surface area (Å²) >= 11 is 0. The van der Waals surface area contributed by atoms with E-state index in [1.54, 1.807) is 12.4 Å². The Balaban J connectivity index is 1.09. The number of nitrogens with one attached hydrogen (secondary N) is 2. The van der Waals surface area contributed by atoms with Crippen LogP contribution in [0.5, 0.6) is 0 Å². The van der Waals surface area contributed by atoms with Crippen molar-refractivity contribution < 1.29 is 4.79 Å². The molecule has 5 rings (SSSR count). The Bertz CT molecular complexity index is 864. The summed E-state index contributed by atoms with van der Waals surface area (Å²) in [7, 11) is 0. The summed E-state index contributed by atoms with van der Waals surface area (Å²) in [5.41, 5.74) is 2.54. The largest absolute Gasteiger partial charge is 0.347 e. The van der Waals surface area contributed by atoms with Crippen molar-refractivity contribution in [1.29, 1.82) is 0 Å². The molecule has 1 saturated carbocycles. The van der Waals surface area contributed by atoms with Gasteiger partial charge in [0.25, 0.3) is 5.91 Å². The number of rotatable bonds is 6. The van der Waals surface area contributed by atoms with E-state index in [1.165, 1.54) is 83.1 Å². The van der Waals surface area contributed by atoms with Gasteiger partial charge in [-0.1, -0.05) is 31.4 Å². The minimum absolute atomic E-state index is 0.0576. The third-order valence-electron chi connectivity index (χ3n) is 8.06. The maximum atomic E-state index is 12.4. The molecule has 2 N–H and O–H groups in total. The highest BCUT2D eigenvalue weighted by Gasteiger charge is 2.41. The Morgan fingerprint density at radius 3 is 2.53 bits per heavy atom. The van der Waals surface area contributed by atoms with Gasteiger partial charge >= 0.3 is 0 Å². The standard InChI is InChI=1S/C26H37N5O/c32-25(29-18-24-27-13-14-28-24)22-8-6-21(7-9-22)19-30-15-10-26(20-30)11-16-31(17-12-26)23-4-2-1-3-5-23/h6-9,13-14,23H,1-5,10-12,15-20H2,(H,27,28)(H,29,32). The zero-order chi connectivity index (χ0) is 21.8. The van der Waals surface area contributed by atoms with E-state index in [2.05, 4.69) is 37.2 Å². The second-order valence-electron chi connectivity index (χ2n) is 10.2. The lowest BCUT2D eigenvalue weighted by molar-refractivity contribution is 0.0615. The van der Waals surface area contributed by atoms with Crippen molar-refractivity contribution in [2.24, 2.45) is 5.41 Å². The number of aromatic amines is 1. The first-order valence-corrected chi connectivity index (χ1v) is 12.5. The Morgan fingerprint density at radius 2 is 1.81 bits per heavy atom. The zero-order valence-electron chi connectivity index (χ0n) is 19.2. The molecule has 1 aromatic heterocycles. The van der Waals surface area contributed by atoms with Gasteiger partial charge in [0.2, 0.25) is 0 Å². The number of hydrogen-bond donors (Lipinski definition) is 2. The Kier molecular flexibility index (Phi) is 6.60. The van der Waals surface area contributed by atoms with Crippen molar-refractivity contribution in [2.75, 3.05) is 26.2 Å². The van der Waals surface area contributed by atoms with Crippen LogP contribution in [0.4, 0.5) is 0 Å². The van der Waals surface area contributed by atoms with Gasteiger partial charge in [-0.15, -0.1) is 0 Å². The number of piperidine rings is 1. The van der Waals surface area contributed by atoms with Gasteiger partial charge in [0.05, 0.1) is 6.54 Å². The van der Waals surface area contributed by atoms with Gasteiger partial charge in [-0.05, 0) is 74.8 Å². The van der Waals surface area contributed by atoms with Gasteiger partial charge < -0.3 is 15.2 Å². The van der Waals surface area contributed by atoms with Crippen LogP contribution in [0, 0.1) is 5.41 Å². The van der Waals surface area contributed by atoms with Gasteiger partial charge in [-0.25, -0.2) is 4.98 Å². The molecule has 0 bridgehead atoms. The van der Waals surface area contributed by atoms with Crippen molar-refractivity contribution >= 4 is 5.91 Å². The van der Waals surface area contributed by atoms with Crippen LogP contribution >= 0.6 is 0 Å². The van der Waals surface area contributed by atoms with Crippen LogP contribution in [0.3, 0.4) is 0 Å². The number of amides is 1. The molecule has 2 aromatic rings. The zero-order valence-corrected chi connectivity index (χ0v) is 19.2. The van der Waals surface area contributed by atoms with E-state index >= 15 is 0 Å². The van der Waals surface area contributed by atoms with Gasteiger partial charge in [0, 0.05) is 37.1 Å². The first-order chi connectivity index (χ1) is 15.7. The van der Waals surface area contributed by atoms with Crippen LogP contribution in [-0.2, 0) is 13.1 Å². The molecule has 1 amide bonds. The molecule has 0 radical (unpaired) electrons. The highest BCUT2D eigenvalue weighted by atomic mass is 16.1. The van der Waals surface area contributed by atoms with Gasteiger partial charge in [0.1, 0.15) is 5.82 Å². The maximum Gasteiger partial charge on any atom is 0.251 e. The van der Waals surface area contributed by atoms with Crippen molar-refractivity contribution in [3.63, 3.8) is 0 Å². The number of benzene rings is 1. The Labute approximate surface area is 191 Å². The van der Waals surface area contributed by atoms with Crippen LogP contribution in [0.1, 0.15) is 73.1 Å². The predicted molar refractivity (Wildman–Crippen MR) is 126 cm³/mol. The normalized spacial score (nSPS) is 22.4. The number of imidazole rings is 1. The topological polar surface area (TPSA) is 64.3 Å². The molecule has 0 unspecified atom stereocenters.